The molecule has 2 N–H and O–H groups in total. The third-order valence-electron chi connectivity index (χ3n) is 3.17. The quantitative estimate of drug-likeness (QED) is 0.834. The number of nitrogens with one attached hydrogen (secondary N) is 1. The number of allylic oxidation sites excluding steroid dienone is 1. The zero-order valence-electron chi connectivity index (χ0n) is 9.67. The van der Waals surface area contributed by atoms with E-state index >= 15 is 0 Å². The van der Waals surface area contributed by atoms with E-state index in [-0.39, 0.29) is 12.0 Å². The summed E-state index contributed by atoms with van der Waals surface area (Å²) in [5.41, 5.74) is 1.16. The third kappa shape index (κ3) is 3.17. The largest absolute Gasteiger partial charge is 0.480 e. The van der Waals surface area contributed by atoms with Crippen molar-refractivity contribution < 1.29 is 9.90 Å². The van der Waals surface area contributed by atoms with Gasteiger partial charge in [-0.05, 0) is 30.9 Å². The van der Waals surface area contributed by atoms with E-state index in [9.17, 15) is 4.79 Å². The van der Waals surface area contributed by atoms with E-state index in [0.717, 1.165) is 24.9 Å². The van der Waals surface area contributed by atoms with Crippen molar-refractivity contribution in [2.75, 3.05) is 6.54 Å². The first-order chi connectivity index (χ1) is 8.27. The van der Waals surface area contributed by atoms with Crippen LogP contribution >= 0.6 is 0 Å². The van der Waals surface area contributed by atoms with Crippen LogP contribution in [0, 0.1) is 5.92 Å². The summed E-state index contributed by atoms with van der Waals surface area (Å²) < 4.78 is 0. The van der Waals surface area contributed by atoms with Gasteiger partial charge in [0.1, 0.15) is 6.04 Å². The summed E-state index contributed by atoms with van der Waals surface area (Å²) in [4.78, 5) is 11.0. The van der Waals surface area contributed by atoms with Crippen molar-refractivity contribution in [3.05, 3.63) is 42.0 Å². The second-order valence-electron chi connectivity index (χ2n) is 4.37. The normalized spacial score (nSPS) is 24.2. The topological polar surface area (TPSA) is 49.3 Å². The van der Waals surface area contributed by atoms with Crippen LogP contribution in [-0.2, 0) is 4.79 Å². The first kappa shape index (κ1) is 11.9. The van der Waals surface area contributed by atoms with E-state index in [0.29, 0.717) is 0 Å². The maximum atomic E-state index is 11.0. The number of carboxylic acid groups (broad SMARTS) is 1. The molecule has 0 amide bonds. The van der Waals surface area contributed by atoms with Crippen molar-refractivity contribution in [1.29, 1.82) is 0 Å². The molecule has 1 aromatic carbocycles. The Balaban J connectivity index is 1.90. The van der Waals surface area contributed by atoms with E-state index < -0.39 is 5.97 Å². The number of aliphatic carboxylic acids is 1. The number of benzene rings is 1. The van der Waals surface area contributed by atoms with Gasteiger partial charge in [-0.1, -0.05) is 42.5 Å². The van der Waals surface area contributed by atoms with Crippen LogP contribution in [0.5, 0.6) is 0 Å². The zero-order chi connectivity index (χ0) is 12.1. The molecule has 3 nitrogen and oxygen atoms in total. The van der Waals surface area contributed by atoms with E-state index in [1.54, 1.807) is 0 Å². The molecule has 1 aliphatic rings. The average Bonchev–Trinajstić information content (AvgIpc) is 2.79. The Bertz CT molecular complexity index is 400. The van der Waals surface area contributed by atoms with Gasteiger partial charge in [-0.15, -0.1) is 0 Å². The lowest BCUT2D eigenvalue weighted by molar-refractivity contribution is -0.140. The number of carbonyl (C=O) groups is 1. The van der Waals surface area contributed by atoms with Gasteiger partial charge in [0, 0.05) is 0 Å². The molecule has 1 aromatic rings. The number of rotatable bonds is 4. The fourth-order valence-corrected chi connectivity index (χ4v) is 2.24. The van der Waals surface area contributed by atoms with Crippen molar-refractivity contribution >= 4 is 12.0 Å². The Morgan fingerprint density at radius 2 is 2.18 bits per heavy atom. The van der Waals surface area contributed by atoms with Crippen LogP contribution in [0.25, 0.3) is 6.08 Å². The molecule has 1 fully saturated rings. The number of hydrogen-bond acceptors (Lipinski definition) is 2. The molecule has 0 saturated carbocycles. The Labute approximate surface area is 101 Å². The van der Waals surface area contributed by atoms with E-state index in [1.165, 1.54) is 0 Å². The highest BCUT2D eigenvalue weighted by atomic mass is 16.4. The molecule has 0 radical (unpaired) electrons. The summed E-state index contributed by atoms with van der Waals surface area (Å²) in [5, 5.41) is 12.0. The molecule has 17 heavy (non-hydrogen) atoms. The van der Waals surface area contributed by atoms with Crippen molar-refractivity contribution in [1.82, 2.24) is 5.32 Å². The molecule has 90 valence electrons. The van der Waals surface area contributed by atoms with E-state index in [4.69, 9.17) is 5.11 Å². The van der Waals surface area contributed by atoms with Crippen molar-refractivity contribution in [2.45, 2.75) is 18.9 Å². The van der Waals surface area contributed by atoms with Gasteiger partial charge in [-0.25, -0.2) is 0 Å². The van der Waals surface area contributed by atoms with Gasteiger partial charge in [-0.2, -0.15) is 0 Å². The van der Waals surface area contributed by atoms with E-state index in [1.807, 2.05) is 30.3 Å². The highest BCUT2D eigenvalue weighted by Gasteiger charge is 2.31. The smallest absolute Gasteiger partial charge is 0.320 e. The van der Waals surface area contributed by atoms with Crippen LogP contribution in [0.3, 0.4) is 0 Å². The van der Waals surface area contributed by atoms with Crippen molar-refractivity contribution in [3.8, 4) is 0 Å². The molecule has 1 aliphatic heterocycles. The van der Waals surface area contributed by atoms with Crippen LogP contribution in [0.4, 0.5) is 0 Å². The maximum absolute atomic E-state index is 11.0. The molecule has 0 bridgehead atoms. The highest BCUT2D eigenvalue weighted by Crippen LogP contribution is 2.20. The molecular weight excluding hydrogens is 214 g/mol. The minimum atomic E-state index is -0.736. The molecule has 0 aliphatic carbocycles. The van der Waals surface area contributed by atoms with Crippen LogP contribution in [0.1, 0.15) is 18.4 Å². The van der Waals surface area contributed by atoms with Gasteiger partial charge in [0.05, 0.1) is 0 Å². The van der Waals surface area contributed by atoms with Crippen LogP contribution in [-0.4, -0.2) is 23.7 Å². The lowest BCUT2D eigenvalue weighted by Crippen LogP contribution is -2.35. The molecule has 0 aromatic heterocycles. The summed E-state index contributed by atoms with van der Waals surface area (Å²) >= 11 is 0. The molecular formula is C14H17NO2. The van der Waals surface area contributed by atoms with Gasteiger partial charge in [0.25, 0.3) is 0 Å². The Morgan fingerprint density at radius 1 is 1.41 bits per heavy atom. The highest BCUT2D eigenvalue weighted by molar-refractivity contribution is 5.74. The molecule has 0 spiro atoms. The Morgan fingerprint density at radius 3 is 2.88 bits per heavy atom. The maximum Gasteiger partial charge on any atom is 0.320 e. The van der Waals surface area contributed by atoms with Gasteiger partial charge >= 0.3 is 5.97 Å². The summed E-state index contributed by atoms with van der Waals surface area (Å²) in [6.07, 6.45) is 5.88. The average molecular weight is 231 g/mol. The monoisotopic (exact) mass is 231 g/mol. The lowest BCUT2D eigenvalue weighted by atomic mass is 9.96. The van der Waals surface area contributed by atoms with Crippen LogP contribution < -0.4 is 5.32 Å². The molecule has 1 unspecified atom stereocenters. The molecule has 1 saturated heterocycles. The van der Waals surface area contributed by atoms with Gasteiger partial charge in [-0.3, -0.25) is 4.79 Å². The lowest BCUT2D eigenvalue weighted by Gasteiger charge is -2.12. The molecule has 2 rings (SSSR count). The standard InChI is InChI=1S/C14H17NO2/c16-14(17)13-12(9-10-15-13)8-4-7-11-5-2-1-3-6-11/h1-7,12-13,15H,8-10H2,(H,16,17)/t12?,13-/m0/s1. The molecule has 1 heterocycles. The first-order valence-corrected chi connectivity index (χ1v) is 5.95. The fourth-order valence-electron chi connectivity index (χ4n) is 2.24. The third-order valence-corrected chi connectivity index (χ3v) is 3.17. The SMILES string of the molecule is O=C(O)[C@H]1NCCC1CC=Cc1ccccc1. The zero-order valence-corrected chi connectivity index (χ0v) is 9.67. The molecule has 2 atom stereocenters. The Hall–Kier alpha value is -1.61. The fraction of sp³-hybridized carbons (Fsp3) is 0.357. The molecule has 3 heteroatoms. The predicted molar refractivity (Wildman–Crippen MR) is 67.6 cm³/mol. The van der Waals surface area contributed by atoms with Crippen molar-refractivity contribution in [3.63, 3.8) is 0 Å². The minimum absolute atomic E-state index is 0.215. The second-order valence-corrected chi connectivity index (χ2v) is 4.37. The summed E-state index contributed by atoms with van der Waals surface area (Å²) in [6.45, 7) is 0.806. The van der Waals surface area contributed by atoms with Gasteiger partial charge < -0.3 is 10.4 Å². The predicted octanol–water partition coefficient (Wildman–Crippen LogP) is 2.15. The number of hydrogen-bond donors (Lipinski definition) is 2. The number of carboxylic acids is 1. The summed E-state index contributed by atoms with van der Waals surface area (Å²) in [5.74, 6) is -0.520. The minimum Gasteiger partial charge on any atom is -0.480 e. The first-order valence-electron chi connectivity index (χ1n) is 5.95. The Kier molecular flexibility index (Phi) is 3.94. The van der Waals surface area contributed by atoms with Crippen molar-refractivity contribution in [2.24, 2.45) is 5.92 Å². The van der Waals surface area contributed by atoms with Crippen LogP contribution in [0.15, 0.2) is 36.4 Å². The van der Waals surface area contributed by atoms with Gasteiger partial charge in [0.2, 0.25) is 0 Å². The van der Waals surface area contributed by atoms with Gasteiger partial charge in [0.15, 0.2) is 0 Å². The van der Waals surface area contributed by atoms with E-state index in [2.05, 4.69) is 17.5 Å². The summed E-state index contributed by atoms with van der Waals surface area (Å²) in [7, 11) is 0. The summed E-state index contributed by atoms with van der Waals surface area (Å²) in [6, 6.07) is 9.68. The second kappa shape index (κ2) is 5.64. The van der Waals surface area contributed by atoms with Crippen LogP contribution in [0.2, 0.25) is 0 Å².